The van der Waals surface area contributed by atoms with E-state index in [1.165, 1.54) is 4.57 Å². The maximum atomic E-state index is 12.1. The second-order valence-electron chi connectivity index (χ2n) is 6.15. The highest BCUT2D eigenvalue weighted by molar-refractivity contribution is 5.90. The van der Waals surface area contributed by atoms with Crippen molar-refractivity contribution in [2.24, 2.45) is 5.92 Å². The Balaban J connectivity index is 1.72. The molecule has 0 spiro atoms. The summed E-state index contributed by atoms with van der Waals surface area (Å²) in [5.41, 5.74) is 1.93. The SMILES string of the molecule is CC(C)COC(=O)n1ccc2cc(OCc3ccccc3)ccc21. The van der Waals surface area contributed by atoms with Gasteiger partial charge in [-0.2, -0.15) is 0 Å². The molecule has 0 saturated heterocycles. The Morgan fingerprint density at radius 3 is 2.62 bits per heavy atom. The minimum atomic E-state index is -0.350. The van der Waals surface area contributed by atoms with Gasteiger partial charge < -0.3 is 9.47 Å². The zero-order chi connectivity index (χ0) is 16.9. The third-order valence-electron chi connectivity index (χ3n) is 3.65. The van der Waals surface area contributed by atoms with E-state index in [2.05, 4.69) is 0 Å². The van der Waals surface area contributed by atoms with Crippen molar-refractivity contribution >= 4 is 17.0 Å². The summed E-state index contributed by atoms with van der Waals surface area (Å²) in [6.45, 7) is 4.95. The lowest BCUT2D eigenvalue weighted by Crippen LogP contribution is -2.15. The largest absolute Gasteiger partial charge is 0.489 e. The van der Waals surface area contributed by atoms with Crippen LogP contribution in [0.4, 0.5) is 4.79 Å². The number of benzene rings is 2. The third-order valence-corrected chi connectivity index (χ3v) is 3.65. The maximum absolute atomic E-state index is 12.1. The topological polar surface area (TPSA) is 40.5 Å². The van der Waals surface area contributed by atoms with Crippen LogP contribution in [0, 0.1) is 5.92 Å². The van der Waals surface area contributed by atoms with E-state index in [1.54, 1.807) is 6.20 Å². The predicted octanol–water partition coefficient (Wildman–Crippen LogP) is 4.86. The quantitative estimate of drug-likeness (QED) is 0.673. The van der Waals surface area contributed by atoms with Gasteiger partial charge in [0.1, 0.15) is 12.4 Å². The lowest BCUT2D eigenvalue weighted by Gasteiger charge is -2.09. The van der Waals surface area contributed by atoms with E-state index in [0.717, 1.165) is 22.2 Å². The van der Waals surface area contributed by atoms with Crippen LogP contribution in [0.15, 0.2) is 60.8 Å². The number of fused-ring (bicyclic) bond motifs is 1. The second kappa shape index (κ2) is 7.21. The number of nitrogens with zero attached hydrogens (tertiary/aromatic N) is 1. The van der Waals surface area contributed by atoms with Gasteiger partial charge in [-0.05, 0) is 35.7 Å². The Kier molecular flexibility index (Phi) is 4.85. The van der Waals surface area contributed by atoms with Crippen molar-refractivity contribution in [3.63, 3.8) is 0 Å². The van der Waals surface area contributed by atoms with Crippen molar-refractivity contribution in [3.05, 3.63) is 66.4 Å². The molecule has 4 heteroatoms. The zero-order valence-corrected chi connectivity index (χ0v) is 13.9. The van der Waals surface area contributed by atoms with Gasteiger partial charge in [0.15, 0.2) is 0 Å². The Bertz CT molecular complexity index is 821. The molecule has 0 aliphatic carbocycles. The number of aromatic nitrogens is 1. The molecule has 0 aliphatic heterocycles. The smallest absolute Gasteiger partial charge is 0.418 e. The molecule has 0 unspecified atom stereocenters. The Labute approximate surface area is 141 Å². The minimum absolute atomic E-state index is 0.314. The summed E-state index contributed by atoms with van der Waals surface area (Å²) in [6.07, 6.45) is 1.38. The molecule has 0 radical (unpaired) electrons. The molecule has 3 rings (SSSR count). The van der Waals surface area contributed by atoms with Crippen LogP contribution < -0.4 is 4.74 Å². The van der Waals surface area contributed by atoms with Gasteiger partial charge in [0, 0.05) is 11.6 Å². The molecule has 124 valence electrons. The van der Waals surface area contributed by atoms with Gasteiger partial charge in [0.2, 0.25) is 0 Å². The molecule has 24 heavy (non-hydrogen) atoms. The molecule has 2 aromatic carbocycles. The van der Waals surface area contributed by atoms with Gasteiger partial charge in [-0.25, -0.2) is 4.79 Å². The highest BCUT2D eigenvalue weighted by atomic mass is 16.5. The summed E-state index contributed by atoms with van der Waals surface area (Å²) in [5, 5.41) is 0.946. The molecule has 0 fully saturated rings. The van der Waals surface area contributed by atoms with Gasteiger partial charge in [0.25, 0.3) is 0 Å². The van der Waals surface area contributed by atoms with Crippen LogP contribution in [-0.2, 0) is 11.3 Å². The first kappa shape index (κ1) is 16.1. The molecular weight excluding hydrogens is 302 g/mol. The highest BCUT2D eigenvalue weighted by Gasteiger charge is 2.11. The fraction of sp³-hybridized carbons (Fsp3) is 0.250. The van der Waals surface area contributed by atoms with E-state index >= 15 is 0 Å². The average molecular weight is 323 g/mol. The van der Waals surface area contributed by atoms with Crippen LogP contribution in [0.3, 0.4) is 0 Å². The molecular formula is C20H21NO3. The predicted molar refractivity (Wildman–Crippen MR) is 94.3 cm³/mol. The number of hydrogen-bond acceptors (Lipinski definition) is 3. The van der Waals surface area contributed by atoms with Crippen molar-refractivity contribution < 1.29 is 14.3 Å². The van der Waals surface area contributed by atoms with Crippen LogP contribution in [0.1, 0.15) is 19.4 Å². The number of carbonyl (C=O) groups excluding carboxylic acids is 1. The van der Waals surface area contributed by atoms with Crippen molar-refractivity contribution in [3.8, 4) is 5.75 Å². The molecule has 0 bridgehead atoms. The molecule has 0 N–H and O–H groups in total. The van der Waals surface area contributed by atoms with Crippen molar-refractivity contribution in [2.75, 3.05) is 6.61 Å². The minimum Gasteiger partial charge on any atom is -0.489 e. The summed E-state index contributed by atoms with van der Waals surface area (Å²) in [4.78, 5) is 12.1. The van der Waals surface area contributed by atoms with Gasteiger partial charge in [-0.15, -0.1) is 0 Å². The van der Waals surface area contributed by atoms with E-state index in [-0.39, 0.29) is 6.09 Å². The van der Waals surface area contributed by atoms with Crippen molar-refractivity contribution in [2.45, 2.75) is 20.5 Å². The fourth-order valence-electron chi connectivity index (χ4n) is 2.42. The van der Waals surface area contributed by atoms with E-state index < -0.39 is 0 Å². The zero-order valence-electron chi connectivity index (χ0n) is 13.9. The molecule has 4 nitrogen and oxygen atoms in total. The number of carbonyl (C=O) groups is 1. The lowest BCUT2D eigenvalue weighted by molar-refractivity contribution is 0.135. The molecule has 0 aliphatic rings. The van der Waals surface area contributed by atoms with Gasteiger partial charge in [-0.3, -0.25) is 4.57 Å². The van der Waals surface area contributed by atoms with Crippen LogP contribution in [0.25, 0.3) is 10.9 Å². The highest BCUT2D eigenvalue weighted by Crippen LogP contribution is 2.23. The Morgan fingerprint density at radius 1 is 1.08 bits per heavy atom. The molecule has 0 amide bonds. The van der Waals surface area contributed by atoms with Crippen molar-refractivity contribution in [1.82, 2.24) is 4.57 Å². The third kappa shape index (κ3) is 3.77. The number of hydrogen-bond donors (Lipinski definition) is 0. The summed E-state index contributed by atoms with van der Waals surface area (Å²) < 4.78 is 12.6. The maximum Gasteiger partial charge on any atom is 0.418 e. The van der Waals surface area contributed by atoms with Crippen molar-refractivity contribution in [1.29, 1.82) is 0 Å². The van der Waals surface area contributed by atoms with E-state index in [9.17, 15) is 4.79 Å². The van der Waals surface area contributed by atoms with Crippen LogP contribution in [0.2, 0.25) is 0 Å². The van der Waals surface area contributed by atoms with Gasteiger partial charge >= 0.3 is 6.09 Å². The molecule has 0 atom stereocenters. The average Bonchev–Trinajstić information content (AvgIpc) is 3.02. The van der Waals surface area contributed by atoms with Gasteiger partial charge in [0.05, 0.1) is 12.1 Å². The Morgan fingerprint density at radius 2 is 1.88 bits per heavy atom. The summed E-state index contributed by atoms with van der Waals surface area (Å²) in [5.74, 6) is 1.09. The first-order chi connectivity index (χ1) is 11.6. The second-order valence-corrected chi connectivity index (χ2v) is 6.15. The van der Waals surface area contributed by atoms with E-state index in [1.807, 2.05) is 68.4 Å². The number of ether oxygens (including phenoxy) is 2. The van der Waals surface area contributed by atoms with E-state index in [0.29, 0.717) is 19.1 Å². The summed E-state index contributed by atoms with van der Waals surface area (Å²) in [6, 6.07) is 17.6. The monoisotopic (exact) mass is 323 g/mol. The first-order valence-electron chi connectivity index (χ1n) is 8.08. The number of rotatable bonds is 5. The first-order valence-corrected chi connectivity index (χ1v) is 8.08. The normalized spacial score (nSPS) is 11.0. The van der Waals surface area contributed by atoms with E-state index in [4.69, 9.17) is 9.47 Å². The lowest BCUT2D eigenvalue weighted by atomic mass is 10.2. The summed E-state index contributed by atoms with van der Waals surface area (Å²) >= 11 is 0. The Hall–Kier alpha value is -2.75. The van der Waals surface area contributed by atoms with Crippen LogP contribution in [0.5, 0.6) is 5.75 Å². The van der Waals surface area contributed by atoms with Gasteiger partial charge in [-0.1, -0.05) is 44.2 Å². The molecule has 0 saturated carbocycles. The molecule has 3 aromatic rings. The van der Waals surface area contributed by atoms with Crippen LogP contribution >= 0.6 is 0 Å². The molecule has 1 heterocycles. The fourth-order valence-corrected chi connectivity index (χ4v) is 2.42. The molecule has 1 aromatic heterocycles. The standard InChI is InChI=1S/C20H21NO3/c1-15(2)13-24-20(22)21-11-10-17-12-18(8-9-19(17)21)23-14-16-6-4-3-5-7-16/h3-12,15H,13-14H2,1-2H3. The summed E-state index contributed by atoms with van der Waals surface area (Å²) in [7, 11) is 0. The van der Waals surface area contributed by atoms with Crippen LogP contribution in [-0.4, -0.2) is 17.3 Å².